The first kappa shape index (κ1) is 23.7. The summed E-state index contributed by atoms with van der Waals surface area (Å²) in [6, 6.07) is 4.74. The smallest absolute Gasteiger partial charge is 0.268 e. The molecular formula is C22H24ClF3N4O3S. The molecule has 1 N–H and O–H groups in total. The topological polar surface area (TPSA) is 74.8 Å². The SMILES string of the molecule is COC1CN([C@@H]2CC[C@@]23CCN(c2cc(F)c(S(=O)(=O)Nc4cccc(F)n4)c(F)c2Cl)C3)C1. The van der Waals surface area contributed by atoms with E-state index < -0.39 is 43.3 Å². The second-order valence-electron chi connectivity index (χ2n) is 9.19. The first-order valence-corrected chi connectivity index (χ1v) is 12.8. The Morgan fingerprint density at radius 3 is 2.65 bits per heavy atom. The number of hydrogen-bond acceptors (Lipinski definition) is 6. The maximum Gasteiger partial charge on any atom is 0.268 e. The third kappa shape index (κ3) is 3.92. The molecule has 0 amide bonds. The van der Waals surface area contributed by atoms with Crippen LogP contribution in [0, 0.1) is 23.0 Å². The molecule has 1 aromatic carbocycles. The van der Waals surface area contributed by atoms with Crippen molar-refractivity contribution >= 4 is 33.1 Å². The van der Waals surface area contributed by atoms with E-state index in [4.69, 9.17) is 16.3 Å². The second-order valence-corrected chi connectivity index (χ2v) is 11.2. The van der Waals surface area contributed by atoms with Gasteiger partial charge in [-0.15, -0.1) is 0 Å². The van der Waals surface area contributed by atoms with E-state index in [-0.39, 0.29) is 17.2 Å². The van der Waals surface area contributed by atoms with Gasteiger partial charge in [-0.25, -0.2) is 22.2 Å². The molecule has 12 heteroatoms. The zero-order valence-corrected chi connectivity index (χ0v) is 20.0. The Morgan fingerprint density at radius 1 is 1.24 bits per heavy atom. The first-order chi connectivity index (χ1) is 16.1. The summed E-state index contributed by atoms with van der Waals surface area (Å²) in [4.78, 5) is 6.36. The minimum Gasteiger partial charge on any atom is -0.379 e. The van der Waals surface area contributed by atoms with Gasteiger partial charge in [-0.1, -0.05) is 17.7 Å². The van der Waals surface area contributed by atoms with Crippen LogP contribution in [0.1, 0.15) is 19.3 Å². The van der Waals surface area contributed by atoms with Crippen molar-refractivity contribution in [1.82, 2.24) is 9.88 Å². The molecule has 1 spiro atoms. The van der Waals surface area contributed by atoms with Crippen molar-refractivity contribution in [2.24, 2.45) is 5.41 Å². The summed E-state index contributed by atoms with van der Waals surface area (Å²) in [6.45, 7) is 2.91. The lowest BCUT2D eigenvalue weighted by Crippen LogP contribution is -2.65. The van der Waals surface area contributed by atoms with Crippen LogP contribution in [0.15, 0.2) is 29.2 Å². The van der Waals surface area contributed by atoms with Crippen LogP contribution in [0.25, 0.3) is 0 Å². The third-order valence-corrected chi connectivity index (χ3v) is 9.07. The molecule has 3 heterocycles. The highest BCUT2D eigenvalue weighted by Crippen LogP contribution is 2.53. The summed E-state index contributed by atoms with van der Waals surface area (Å²) >= 11 is 6.24. The quantitative estimate of drug-likeness (QED) is 0.467. The van der Waals surface area contributed by atoms with Crippen molar-refractivity contribution in [3.05, 3.63) is 46.9 Å². The normalized spacial score (nSPS) is 25.4. The van der Waals surface area contributed by atoms with Crippen LogP contribution in [0.5, 0.6) is 0 Å². The number of hydrogen-bond donors (Lipinski definition) is 1. The van der Waals surface area contributed by atoms with Gasteiger partial charge < -0.3 is 9.64 Å². The molecule has 2 atom stereocenters. The van der Waals surface area contributed by atoms with Gasteiger partial charge in [-0.05, 0) is 31.4 Å². The Bertz CT molecular complexity index is 1230. The van der Waals surface area contributed by atoms with Crippen molar-refractivity contribution < 1.29 is 26.3 Å². The lowest BCUT2D eigenvalue weighted by molar-refractivity contribution is -0.112. The Balaban J connectivity index is 1.37. The van der Waals surface area contributed by atoms with Crippen molar-refractivity contribution in [3.8, 4) is 0 Å². The fourth-order valence-corrected chi connectivity index (χ4v) is 6.87. The summed E-state index contributed by atoms with van der Waals surface area (Å²) in [5, 5.41) is -0.467. The van der Waals surface area contributed by atoms with Gasteiger partial charge in [0.1, 0.15) is 16.7 Å². The maximum absolute atomic E-state index is 15.2. The van der Waals surface area contributed by atoms with Crippen LogP contribution in [-0.2, 0) is 14.8 Å². The van der Waals surface area contributed by atoms with E-state index in [1.807, 2.05) is 9.62 Å². The molecule has 2 aromatic rings. The zero-order valence-electron chi connectivity index (χ0n) is 18.4. The number of aromatic nitrogens is 1. The summed E-state index contributed by atoms with van der Waals surface area (Å²) in [5.74, 6) is -4.02. The molecule has 1 aromatic heterocycles. The van der Waals surface area contributed by atoms with Crippen LogP contribution in [0.4, 0.5) is 24.7 Å². The van der Waals surface area contributed by atoms with Gasteiger partial charge in [0.25, 0.3) is 10.0 Å². The fraction of sp³-hybridized carbons (Fsp3) is 0.500. The van der Waals surface area contributed by atoms with Crippen LogP contribution in [0.2, 0.25) is 5.02 Å². The molecular weight excluding hydrogens is 493 g/mol. The van der Waals surface area contributed by atoms with Gasteiger partial charge in [0.15, 0.2) is 10.7 Å². The van der Waals surface area contributed by atoms with Gasteiger partial charge >= 0.3 is 0 Å². The molecule has 184 valence electrons. The van der Waals surface area contributed by atoms with Gasteiger partial charge in [0.05, 0.1) is 11.8 Å². The van der Waals surface area contributed by atoms with E-state index in [1.165, 1.54) is 6.07 Å². The standard InChI is InChI=1S/C22H24ClF3N4O3S/c1-33-13-10-30(11-13)16-5-6-22(16)7-8-29(12-22)15-9-14(24)21(20(26)19(15)23)34(31,32)28-18-4-2-3-17(25)27-18/h2-4,9,13,16H,5-8,10-12H2,1H3,(H,27,28)/t16-,22+/m1/s1. The zero-order chi connectivity index (χ0) is 24.3. The highest BCUT2D eigenvalue weighted by molar-refractivity contribution is 7.92. The average Bonchev–Trinajstić information content (AvgIpc) is 3.19. The molecule has 5 rings (SSSR count). The van der Waals surface area contributed by atoms with E-state index in [0.717, 1.165) is 50.6 Å². The molecule has 3 aliphatic rings. The number of sulfonamides is 1. The Morgan fingerprint density at radius 2 is 2.00 bits per heavy atom. The average molecular weight is 517 g/mol. The van der Waals surface area contributed by atoms with E-state index in [0.29, 0.717) is 19.1 Å². The Kier molecular flexibility index (Phi) is 5.94. The largest absolute Gasteiger partial charge is 0.379 e. The van der Waals surface area contributed by atoms with Gasteiger partial charge in [0, 0.05) is 50.8 Å². The van der Waals surface area contributed by atoms with E-state index in [2.05, 4.69) is 9.88 Å². The predicted molar refractivity (Wildman–Crippen MR) is 121 cm³/mol. The number of nitrogens with one attached hydrogen (secondary N) is 1. The van der Waals surface area contributed by atoms with Crippen LogP contribution >= 0.6 is 11.6 Å². The number of halogens is 4. The highest BCUT2D eigenvalue weighted by Gasteiger charge is 2.55. The number of pyridine rings is 1. The molecule has 34 heavy (non-hydrogen) atoms. The summed E-state index contributed by atoms with van der Waals surface area (Å²) in [6.07, 6.45) is 3.19. The van der Waals surface area contributed by atoms with Crippen molar-refractivity contribution in [1.29, 1.82) is 0 Å². The van der Waals surface area contributed by atoms with Gasteiger partial charge in [-0.3, -0.25) is 9.62 Å². The number of rotatable bonds is 6. The predicted octanol–water partition coefficient (Wildman–Crippen LogP) is 3.64. The van der Waals surface area contributed by atoms with E-state index in [1.54, 1.807) is 7.11 Å². The number of methoxy groups -OCH3 is 1. The van der Waals surface area contributed by atoms with Crippen LogP contribution < -0.4 is 9.62 Å². The van der Waals surface area contributed by atoms with Crippen LogP contribution in [0.3, 0.4) is 0 Å². The second kappa shape index (κ2) is 8.54. The van der Waals surface area contributed by atoms with E-state index >= 15 is 8.78 Å². The number of nitrogens with zero attached hydrogens (tertiary/aromatic N) is 3. The Labute approximate surface area is 200 Å². The molecule has 0 radical (unpaired) electrons. The lowest BCUT2D eigenvalue weighted by atomic mass is 9.62. The lowest BCUT2D eigenvalue weighted by Gasteiger charge is -2.57. The van der Waals surface area contributed by atoms with Gasteiger partial charge in [-0.2, -0.15) is 4.39 Å². The van der Waals surface area contributed by atoms with Gasteiger partial charge in [0.2, 0.25) is 5.95 Å². The molecule has 0 unspecified atom stereocenters. The van der Waals surface area contributed by atoms with Crippen molar-refractivity contribution in [2.75, 3.05) is 42.9 Å². The first-order valence-electron chi connectivity index (χ1n) is 11.0. The fourth-order valence-electron chi connectivity index (χ4n) is 5.40. The molecule has 0 bridgehead atoms. The molecule has 7 nitrogen and oxygen atoms in total. The maximum atomic E-state index is 15.2. The minimum atomic E-state index is -4.74. The number of likely N-dealkylation sites (tertiary alicyclic amines) is 1. The third-order valence-electron chi connectivity index (χ3n) is 7.32. The molecule has 1 saturated carbocycles. The Hall–Kier alpha value is -2.08. The molecule has 1 aliphatic carbocycles. The summed E-state index contributed by atoms with van der Waals surface area (Å²) < 4.78 is 76.1. The van der Waals surface area contributed by atoms with Crippen LogP contribution in [-0.4, -0.2) is 63.7 Å². The summed E-state index contributed by atoms with van der Waals surface area (Å²) in [5.41, 5.74) is 0.144. The minimum absolute atomic E-state index is 0.0182. The number of ether oxygens (including phenoxy) is 1. The molecule has 2 saturated heterocycles. The molecule has 3 fully saturated rings. The number of benzene rings is 1. The highest BCUT2D eigenvalue weighted by atomic mass is 35.5. The van der Waals surface area contributed by atoms with Crippen molar-refractivity contribution in [3.63, 3.8) is 0 Å². The van der Waals surface area contributed by atoms with E-state index in [9.17, 15) is 12.8 Å². The summed E-state index contributed by atoms with van der Waals surface area (Å²) in [7, 11) is -3.04. The van der Waals surface area contributed by atoms with Crippen molar-refractivity contribution in [2.45, 2.75) is 36.3 Å². The monoisotopic (exact) mass is 516 g/mol. The number of anilines is 2. The molecule has 2 aliphatic heterocycles.